The molecule has 0 spiro atoms. The molecule has 0 saturated carbocycles. The van der Waals surface area contributed by atoms with Gasteiger partial charge in [0.2, 0.25) is 5.95 Å². The van der Waals surface area contributed by atoms with E-state index in [9.17, 15) is 16.8 Å². The molecule has 0 radical (unpaired) electrons. The lowest BCUT2D eigenvalue weighted by molar-refractivity contribution is -0.0182. The van der Waals surface area contributed by atoms with Gasteiger partial charge in [-0.2, -0.15) is 26.8 Å². The molecular formula is C64H59N5O9S2. The van der Waals surface area contributed by atoms with Gasteiger partial charge < -0.3 is 28.3 Å². The summed E-state index contributed by atoms with van der Waals surface area (Å²) in [6.07, 6.45) is 1.79. The van der Waals surface area contributed by atoms with Gasteiger partial charge in [-0.3, -0.25) is 4.18 Å². The second-order valence-corrected chi connectivity index (χ2v) is 22.5. The molecule has 2 heterocycles. The maximum Gasteiger partial charge on any atom is 0.340 e. The Balaban J connectivity index is 1.09. The van der Waals surface area contributed by atoms with Crippen molar-refractivity contribution < 1.29 is 39.4 Å². The second kappa shape index (κ2) is 23.7. The van der Waals surface area contributed by atoms with Crippen LogP contribution in [0.2, 0.25) is 0 Å². The summed E-state index contributed by atoms with van der Waals surface area (Å²) in [6.45, 7) is 3.64. The summed E-state index contributed by atoms with van der Waals surface area (Å²) < 4.78 is 88.6. The molecule has 80 heavy (non-hydrogen) atoms. The first kappa shape index (κ1) is 54.7. The maximum atomic E-state index is 14.2. The zero-order valence-corrected chi connectivity index (χ0v) is 46.2. The Labute approximate surface area is 466 Å². The van der Waals surface area contributed by atoms with E-state index in [1.54, 1.807) is 43.1 Å². The number of nitrogens with one attached hydrogen (secondary N) is 1. The van der Waals surface area contributed by atoms with E-state index in [4.69, 9.17) is 37.5 Å². The number of hydrogen-bond donors (Lipinski definition) is 1. The number of aryl methyl sites for hydroxylation is 3. The van der Waals surface area contributed by atoms with E-state index < -0.39 is 37.3 Å². The van der Waals surface area contributed by atoms with Crippen LogP contribution < -0.4 is 19.0 Å². The largest absolute Gasteiger partial charge is 0.497 e. The summed E-state index contributed by atoms with van der Waals surface area (Å²) in [5.41, 5.74) is 4.61. The lowest BCUT2D eigenvalue weighted by atomic mass is 9.77. The molecule has 0 saturated heterocycles. The van der Waals surface area contributed by atoms with Crippen molar-refractivity contribution in [3.63, 3.8) is 0 Å². The average molecular weight is 1110 g/mol. The number of imidazole rings is 1. The van der Waals surface area contributed by atoms with Gasteiger partial charge in [0.25, 0.3) is 16.0 Å². The van der Waals surface area contributed by atoms with E-state index in [2.05, 4.69) is 5.32 Å². The van der Waals surface area contributed by atoms with Crippen molar-refractivity contribution in [2.24, 2.45) is 5.92 Å². The number of anilines is 1. The number of aromatic nitrogens is 4. The Bertz CT molecular complexity index is 3820. The van der Waals surface area contributed by atoms with Crippen LogP contribution in [-0.2, 0) is 46.8 Å². The van der Waals surface area contributed by atoms with E-state index in [1.807, 2.05) is 184 Å². The summed E-state index contributed by atoms with van der Waals surface area (Å²) in [7, 11) is -5.50. The second-order valence-electron chi connectivity index (χ2n) is 19.3. The summed E-state index contributed by atoms with van der Waals surface area (Å²) in [5.74, 6) is 0.409. The predicted octanol–water partition coefficient (Wildman–Crippen LogP) is 12.1. The number of fused-ring (bicyclic) bond motifs is 1. The van der Waals surface area contributed by atoms with E-state index in [0.717, 1.165) is 44.5 Å². The van der Waals surface area contributed by atoms with Gasteiger partial charge in [-0.25, -0.2) is 4.98 Å². The molecule has 1 atom stereocenters. The quantitative estimate of drug-likeness (QED) is 0.0475. The fraction of sp³-hybridized carbons (Fsp3) is 0.172. The molecular weight excluding hydrogens is 1050 g/mol. The first-order valence-corrected chi connectivity index (χ1v) is 28.8. The van der Waals surface area contributed by atoms with E-state index >= 15 is 0 Å². The van der Waals surface area contributed by atoms with Gasteiger partial charge in [0.05, 0.1) is 38.7 Å². The molecule has 0 aliphatic heterocycles. The molecule has 1 N–H and O–H groups in total. The molecule has 0 bridgehead atoms. The van der Waals surface area contributed by atoms with Gasteiger partial charge in [-0.05, 0) is 102 Å². The minimum atomic E-state index is -4.48. The third kappa shape index (κ3) is 11.6. The van der Waals surface area contributed by atoms with Crippen LogP contribution in [0.15, 0.2) is 235 Å². The highest BCUT2D eigenvalue weighted by Gasteiger charge is 2.40. The van der Waals surface area contributed by atoms with Crippen LogP contribution in [0.1, 0.15) is 50.9 Å². The summed E-state index contributed by atoms with van der Waals surface area (Å²) >= 11 is 0. The third-order valence-corrected chi connectivity index (χ3v) is 16.6. The summed E-state index contributed by atoms with van der Waals surface area (Å²) in [4.78, 5) is 14.6. The van der Waals surface area contributed by atoms with Gasteiger partial charge >= 0.3 is 10.1 Å². The summed E-state index contributed by atoms with van der Waals surface area (Å²) in [5, 5.41) is 3.68. The smallest absolute Gasteiger partial charge is 0.340 e. The van der Waals surface area contributed by atoms with Crippen molar-refractivity contribution in [1.29, 1.82) is 0 Å². The molecule has 8 aromatic carbocycles. The van der Waals surface area contributed by atoms with E-state index in [1.165, 1.54) is 30.6 Å². The molecule has 10 aromatic rings. The predicted molar refractivity (Wildman–Crippen MR) is 308 cm³/mol. The number of methoxy groups -OCH3 is 2. The zero-order valence-electron chi connectivity index (χ0n) is 44.5. The number of nitrogens with zero attached hydrogens (tertiary/aromatic N) is 4. The van der Waals surface area contributed by atoms with E-state index in [-0.39, 0.29) is 59.0 Å². The van der Waals surface area contributed by atoms with Crippen molar-refractivity contribution in [2.45, 2.75) is 47.7 Å². The van der Waals surface area contributed by atoms with Crippen LogP contribution in [-0.4, -0.2) is 63.8 Å². The van der Waals surface area contributed by atoms with Crippen LogP contribution in [0.4, 0.5) is 5.95 Å². The number of benzene rings is 8. The third-order valence-electron chi connectivity index (χ3n) is 14.1. The van der Waals surface area contributed by atoms with Crippen molar-refractivity contribution in [1.82, 2.24) is 19.5 Å². The van der Waals surface area contributed by atoms with Gasteiger partial charge in [-0.15, -0.1) is 0 Å². The molecule has 406 valence electrons. The van der Waals surface area contributed by atoms with Crippen LogP contribution >= 0.6 is 0 Å². The lowest BCUT2D eigenvalue weighted by Crippen LogP contribution is -2.38. The number of ether oxygens (including phenoxy) is 3. The van der Waals surface area contributed by atoms with Gasteiger partial charge in [0.15, 0.2) is 11.2 Å². The van der Waals surface area contributed by atoms with Crippen molar-refractivity contribution in [3.05, 3.63) is 269 Å². The molecule has 0 amide bonds. The first-order chi connectivity index (χ1) is 38.8. The van der Waals surface area contributed by atoms with Crippen molar-refractivity contribution in [2.75, 3.05) is 32.8 Å². The molecule has 10 rings (SSSR count). The molecule has 0 fully saturated rings. The molecule has 1 unspecified atom stereocenters. The van der Waals surface area contributed by atoms with Crippen LogP contribution in [0.3, 0.4) is 0 Å². The Morgan fingerprint density at radius 1 is 0.512 bits per heavy atom. The Kier molecular flexibility index (Phi) is 16.2. The Morgan fingerprint density at radius 3 is 1.44 bits per heavy atom. The van der Waals surface area contributed by atoms with Crippen LogP contribution in [0.5, 0.6) is 17.4 Å². The van der Waals surface area contributed by atoms with E-state index in [0.29, 0.717) is 11.5 Å². The van der Waals surface area contributed by atoms with Crippen LogP contribution in [0, 0.1) is 19.8 Å². The SMILES string of the molecule is COc1ccc(C(Nc2nc(OS(=O)(=O)c3ccc(C)cc3)c3ncn(CCC(COC(c4ccccc4)(c4ccccc4)c4ccc(OC)cc4)COS(=O)(=O)c4ccc(C)cc4)c3n2)(c2ccccc2)c2ccccc2)cc1. The topological polar surface area (TPSA) is 170 Å². The molecule has 16 heteroatoms. The van der Waals surface area contributed by atoms with Gasteiger partial charge in [0.1, 0.15) is 27.5 Å². The van der Waals surface area contributed by atoms with Gasteiger partial charge in [0, 0.05) is 12.5 Å². The molecule has 14 nitrogen and oxygen atoms in total. The highest BCUT2D eigenvalue weighted by Crippen LogP contribution is 2.43. The molecule has 0 aliphatic carbocycles. The minimum Gasteiger partial charge on any atom is -0.497 e. The highest BCUT2D eigenvalue weighted by molar-refractivity contribution is 7.87. The van der Waals surface area contributed by atoms with Gasteiger partial charge in [-0.1, -0.05) is 181 Å². The Hall–Kier alpha value is -8.67. The minimum absolute atomic E-state index is 0.00462. The standard InChI is InChI=1S/C64H59N5O9S2/c1-46-25-37-57(38-26-46)79(70,71)77-44-48(43-76-64(52-21-13-7-14-22-52,53-23-15-8-16-24-53)54-31-35-56(75-4)36-32-54)41-42-69-45-65-59-60(69)66-62(67-61(59)78-80(72,73)58-39-27-47(2)28-40-58)68-63(49-17-9-5-10-18-49,50-19-11-6-12-20-50)51-29-33-55(74-3)34-30-51/h5-40,45,48H,41-44H2,1-4H3,(H,66,67,68). The zero-order chi connectivity index (χ0) is 55.7. The maximum absolute atomic E-state index is 14.2. The molecule has 0 aliphatic rings. The summed E-state index contributed by atoms with van der Waals surface area (Å²) in [6, 6.07) is 67.5. The fourth-order valence-corrected chi connectivity index (χ4v) is 11.7. The van der Waals surface area contributed by atoms with Crippen LogP contribution in [0.25, 0.3) is 11.2 Å². The lowest BCUT2D eigenvalue weighted by Gasteiger charge is -2.37. The fourth-order valence-electron chi connectivity index (χ4n) is 9.81. The molecule has 2 aromatic heterocycles. The number of hydrogen-bond acceptors (Lipinski definition) is 13. The monoisotopic (exact) mass is 1110 g/mol. The van der Waals surface area contributed by atoms with Crippen molar-refractivity contribution in [3.8, 4) is 17.4 Å². The number of rotatable bonds is 23. The normalized spacial score (nSPS) is 12.4. The first-order valence-electron chi connectivity index (χ1n) is 25.9. The van der Waals surface area contributed by atoms with Crippen molar-refractivity contribution >= 4 is 37.3 Å². The highest BCUT2D eigenvalue weighted by atomic mass is 32.2. The average Bonchev–Trinajstić information content (AvgIpc) is 3.96. The Morgan fingerprint density at radius 2 is 0.950 bits per heavy atom.